The van der Waals surface area contributed by atoms with Gasteiger partial charge in [-0.15, -0.1) is 0 Å². The summed E-state index contributed by atoms with van der Waals surface area (Å²) < 4.78 is 92.2. The van der Waals surface area contributed by atoms with Crippen molar-refractivity contribution in [2.75, 3.05) is 11.9 Å². The van der Waals surface area contributed by atoms with Gasteiger partial charge in [-0.2, -0.15) is 26.3 Å². The first-order chi connectivity index (χ1) is 15.8. The third-order valence-electron chi connectivity index (χ3n) is 4.76. The Morgan fingerprint density at radius 3 is 2.12 bits per heavy atom. The molecule has 12 heteroatoms. The number of aromatic amines is 1. The largest absolute Gasteiger partial charge is 0.459 e. The predicted octanol–water partition coefficient (Wildman–Crippen LogP) is 6.06. The zero-order chi connectivity index (χ0) is 25.3. The first-order valence-electron chi connectivity index (χ1n) is 9.93. The molecule has 182 valence electrons. The average Bonchev–Trinajstić information content (AvgIpc) is 3.15. The van der Waals surface area contributed by atoms with E-state index in [1.807, 2.05) is 6.92 Å². The number of fused-ring (bicyclic) bond motifs is 1. The number of aromatic nitrogens is 1. The fourth-order valence-corrected chi connectivity index (χ4v) is 3.24. The second-order valence-electron chi connectivity index (χ2n) is 7.05. The van der Waals surface area contributed by atoms with Gasteiger partial charge >= 0.3 is 24.2 Å². The maximum Gasteiger partial charge on any atom is 0.420 e. The lowest BCUT2D eigenvalue weighted by molar-refractivity contribution is -0.152. The number of aryl methyl sites for hydroxylation is 1. The van der Waals surface area contributed by atoms with E-state index in [1.165, 1.54) is 25.1 Å². The normalized spacial score (nSPS) is 12.0. The van der Waals surface area contributed by atoms with E-state index in [0.29, 0.717) is 17.3 Å². The van der Waals surface area contributed by atoms with Crippen molar-refractivity contribution in [3.63, 3.8) is 0 Å². The first kappa shape index (κ1) is 24.9. The summed E-state index contributed by atoms with van der Waals surface area (Å²) >= 11 is 0. The number of hydrogen-bond acceptors (Lipinski definition) is 4. The standard InChI is InChI=1S/C22H18F6N2O4/c1-3-11-10-29-17-6-5-13(9-14(11)17)34-18-15(21(23,24)25)7-12(8-16(18)22(26,27)28)30-19(31)20(32)33-4-2/h5-10,29H,3-4H2,1-2H3,(H,30,31). The molecule has 0 fully saturated rings. The highest BCUT2D eigenvalue weighted by Gasteiger charge is 2.43. The van der Waals surface area contributed by atoms with Crippen molar-refractivity contribution in [3.8, 4) is 11.5 Å². The molecule has 34 heavy (non-hydrogen) atoms. The molecule has 0 saturated heterocycles. The van der Waals surface area contributed by atoms with Gasteiger partial charge in [0.15, 0.2) is 5.75 Å². The monoisotopic (exact) mass is 488 g/mol. The SMILES string of the molecule is CCOC(=O)C(=O)Nc1cc(C(F)(F)F)c(Oc2ccc3[nH]cc(CC)c3c2)c(C(F)(F)F)c1. The van der Waals surface area contributed by atoms with Crippen molar-refractivity contribution < 1.29 is 45.4 Å². The molecule has 6 nitrogen and oxygen atoms in total. The molecule has 1 heterocycles. The zero-order valence-corrected chi connectivity index (χ0v) is 17.8. The molecule has 0 bridgehead atoms. The number of rotatable bonds is 5. The summed E-state index contributed by atoms with van der Waals surface area (Å²) in [5, 5.41) is 2.29. The number of nitrogens with one attached hydrogen (secondary N) is 2. The predicted molar refractivity (Wildman–Crippen MR) is 109 cm³/mol. The number of amides is 1. The number of anilines is 1. The molecule has 0 spiro atoms. The lowest BCUT2D eigenvalue weighted by atomic mass is 10.1. The second kappa shape index (κ2) is 9.27. The molecule has 0 atom stereocenters. The summed E-state index contributed by atoms with van der Waals surface area (Å²) in [6.45, 7) is 2.99. The molecule has 2 N–H and O–H groups in total. The van der Waals surface area contributed by atoms with E-state index in [0.717, 1.165) is 5.56 Å². The summed E-state index contributed by atoms with van der Waals surface area (Å²) in [6, 6.07) is 4.55. The van der Waals surface area contributed by atoms with Gasteiger partial charge in [0.2, 0.25) is 0 Å². The number of H-pyrrole nitrogens is 1. The van der Waals surface area contributed by atoms with Gasteiger partial charge in [-0.3, -0.25) is 4.79 Å². The Kier molecular flexibility index (Phi) is 6.80. The summed E-state index contributed by atoms with van der Waals surface area (Å²) in [5.74, 6) is -4.72. The van der Waals surface area contributed by atoms with Crippen LogP contribution in [0, 0.1) is 0 Å². The average molecular weight is 488 g/mol. The molecule has 2 aromatic carbocycles. The summed E-state index contributed by atoms with van der Waals surface area (Å²) in [7, 11) is 0. The van der Waals surface area contributed by atoms with Crippen LogP contribution in [0.4, 0.5) is 32.0 Å². The van der Waals surface area contributed by atoms with E-state index < -0.39 is 46.8 Å². The van der Waals surface area contributed by atoms with Crippen molar-refractivity contribution >= 4 is 28.5 Å². The third kappa shape index (κ3) is 5.26. The molecule has 0 unspecified atom stereocenters. The minimum atomic E-state index is -5.28. The highest BCUT2D eigenvalue weighted by atomic mass is 19.4. The minimum absolute atomic E-state index is 0.216. The Balaban J connectivity index is 2.13. The fraction of sp³-hybridized carbons (Fsp3) is 0.273. The van der Waals surface area contributed by atoms with E-state index in [1.54, 1.807) is 11.5 Å². The van der Waals surface area contributed by atoms with Gasteiger partial charge in [0.1, 0.15) is 16.9 Å². The van der Waals surface area contributed by atoms with Crippen LogP contribution < -0.4 is 10.1 Å². The maximum atomic E-state index is 13.8. The molecular weight excluding hydrogens is 470 g/mol. The number of benzene rings is 2. The minimum Gasteiger partial charge on any atom is -0.459 e. The highest BCUT2D eigenvalue weighted by Crippen LogP contribution is 2.47. The summed E-state index contributed by atoms with van der Waals surface area (Å²) in [5.41, 5.74) is -3.05. The first-order valence-corrected chi connectivity index (χ1v) is 9.93. The number of hydrogen-bond donors (Lipinski definition) is 2. The molecule has 3 aromatic rings. The second-order valence-corrected chi connectivity index (χ2v) is 7.05. The number of alkyl halides is 6. The Bertz CT molecular complexity index is 1200. The number of esters is 1. The van der Waals surface area contributed by atoms with Crippen LogP contribution in [0.1, 0.15) is 30.5 Å². The van der Waals surface area contributed by atoms with Crippen molar-refractivity contribution in [2.24, 2.45) is 0 Å². The van der Waals surface area contributed by atoms with Gasteiger partial charge in [-0.25, -0.2) is 4.79 Å². The van der Waals surface area contributed by atoms with E-state index in [2.05, 4.69) is 9.72 Å². The number of carbonyl (C=O) groups is 2. The van der Waals surface area contributed by atoms with Crippen molar-refractivity contribution in [1.82, 2.24) is 4.98 Å². The van der Waals surface area contributed by atoms with Crippen LogP contribution in [0.15, 0.2) is 36.5 Å². The van der Waals surface area contributed by atoms with Crippen LogP contribution in [-0.4, -0.2) is 23.5 Å². The van der Waals surface area contributed by atoms with E-state index in [9.17, 15) is 35.9 Å². The van der Waals surface area contributed by atoms with Crippen LogP contribution in [-0.2, 0) is 33.1 Å². The zero-order valence-electron chi connectivity index (χ0n) is 17.8. The lowest BCUT2D eigenvalue weighted by Crippen LogP contribution is -2.25. The topological polar surface area (TPSA) is 80.4 Å². The van der Waals surface area contributed by atoms with Gasteiger partial charge in [0, 0.05) is 22.8 Å². The quantitative estimate of drug-likeness (QED) is 0.260. The van der Waals surface area contributed by atoms with E-state index >= 15 is 0 Å². The molecule has 3 rings (SSSR count). The number of halogens is 6. The van der Waals surface area contributed by atoms with Gasteiger partial charge in [-0.05, 0) is 49.2 Å². The Hall–Kier alpha value is -3.70. The van der Waals surface area contributed by atoms with E-state index in [4.69, 9.17) is 4.74 Å². The molecule has 0 aliphatic heterocycles. The Morgan fingerprint density at radius 2 is 1.59 bits per heavy atom. The Morgan fingerprint density at radius 1 is 0.971 bits per heavy atom. The third-order valence-corrected chi connectivity index (χ3v) is 4.76. The molecule has 1 amide bonds. The fourth-order valence-electron chi connectivity index (χ4n) is 3.24. The van der Waals surface area contributed by atoms with Gasteiger partial charge in [0.05, 0.1) is 6.61 Å². The van der Waals surface area contributed by atoms with Gasteiger partial charge in [0.25, 0.3) is 0 Å². The highest BCUT2D eigenvalue weighted by molar-refractivity contribution is 6.37. The van der Waals surface area contributed by atoms with Gasteiger partial charge < -0.3 is 19.8 Å². The van der Waals surface area contributed by atoms with Crippen LogP contribution in [0.3, 0.4) is 0 Å². The van der Waals surface area contributed by atoms with Crippen LogP contribution >= 0.6 is 0 Å². The smallest absolute Gasteiger partial charge is 0.420 e. The molecule has 0 radical (unpaired) electrons. The molecule has 0 aliphatic rings. The summed E-state index contributed by atoms with van der Waals surface area (Å²) in [6.07, 6.45) is -8.32. The van der Waals surface area contributed by atoms with Crippen LogP contribution in [0.2, 0.25) is 0 Å². The van der Waals surface area contributed by atoms with Crippen LogP contribution in [0.25, 0.3) is 10.9 Å². The maximum absolute atomic E-state index is 13.8. The molecular formula is C22H18F6N2O4. The summed E-state index contributed by atoms with van der Waals surface area (Å²) in [4.78, 5) is 26.2. The Labute approximate surface area is 188 Å². The molecule has 1 aromatic heterocycles. The van der Waals surface area contributed by atoms with Gasteiger partial charge in [-0.1, -0.05) is 6.92 Å². The molecule has 0 aliphatic carbocycles. The van der Waals surface area contributed by atoms with Crippen molar-refractivity contribution in [3.05, 3.63) is 53.2 Å². The number of carbonyl (C=O) groups excluding carboxylic acids is 2. The van der Waals surface area contributed by atoms with Crippen molar-refractivity contribution in [1.29, 1.82) is 0 Å². The van der Waals surface area contributed by atoms with Crippen molar-refractivity contribution in [2.45, 2.75) is 32.6 Å². The lowest BCUT2D eigenvalue weighted by Gasteiger charge is -2.21. The number of ether oxygens (including phenoxy) is 2. The van der Waals surface area contributed by atoms with Crippen LogP contribution in [0.5, 0.6) is 11.5 Å². The molecule has 0 saturated carbocycles. The van der Waals surface area contributed by atoms with E-state index in [-0.39, 0.29) is 24.5 Å².